The number of unbranched alkanes of at least 4 members (excludes halogenated alkanes) is 1. The van der Waals surface area contributed by atoms with Crippen molar-refractivity contribution in [3.8, 4) is 6.07 Å². The van der Waals surface area contributed by atoms with Gasteiger partial charge < -0.3 is 10.6 Å². The van der Waals surface area contributed by atoms with Crippen molar-refractivity contribution in [1.82, 2.24) is 10.6 Å². The van der Waals surface area contributed by atoms with Gasteiger partial charge in [-0.2, -0.15) is 5.26 Å². The van der Waals surface area contributed by atoms with Crippen LogP contribution in [0.1, 0.15) is 26.2 Å². The molecule has 4 heteroatoms. The van der Waals surface area contributed by atoms with E-state index in [0.29, 0.717) is 25.9 Å². The molecule has 0 aliphatic heterocycles. The van der Waals surface area contributed by atoms with Crippen LogP contribution >= 0.6 is 0 Å². The fraction of sp³-hybridized carbons (Fsp3) is 0.778. The molecule has 0 aliphatic rings. The molecule has 0 atom stereocenters. The molecule has 0 rings (SSSR count). The van der Waals surface area contributed by atoms with E-state index in [1.54, 1.807) is 0 Å². The van der Waals surface area contributed by atoms with Crippen LogP contribution in [0.5, 0.6) is 0 Å². The minimum atomic E-state index is 0.0790. The maximum Gasteiger partial charge on any atom is 0.221 e. The van der Waals surface area contributed by atoms with Crippen LogP contribution in [0.15, 0.2) is 0 Å². The van der Waals surface area contributed by atoms with Crippen LogP contribution in [0.25, 0.3) is 0 Å². The molecule has 0 aromatic heterocycles. The minimum Gasteiger partial charge on any atom is -0.356 e. The highest BCUT2D eigenvalue weighted by Crippen LogP contribution is 1.83. The molecule has 0 fully saturated rings. The van der Waals surface area contributed by atoms with Crippen molar-refractivity contribution in [3.05, 3.63) is 0 Å². The van der Waals surface area contributed by atoms with Gasteiger partial charge in [0.2, 0.25) is 5.91 Å². The molecule has 0 aromatic rings. The topological polar surface area (TPSA) is 64.9 Å². The molecule has 0 saturated heterocycles. The van der Waals surface area contributed by atoms with Gasteiger partial charge in [0.25, 0.3) is 0 Å². The Balaban J connectivity index is 3.07. The van der Waals surface area contributed by atoms with Gasteiger partial charge in [0, 0.05) is 25.9 Å². The first kappa shape index (κ1) is 11.9. The molecule has 0 unspecified atom stereocenters. The monoisotopic (exact) mass is 183 g/mol. The predicted octanol–water partition coefficient (Wildman–Crippen LogP) is 0.406. The van der Waals surface area contributed by atoms with Crippen LogP contribution in [-0.2, 0) is 4.79 Å². The molecule has 0 saturated carbocycles. The first-order valence-electron chi connectivity index (χ1n) is 4.65. The molecule has 0 aliphatic carbocycles. The highest BCUT2D eigenvalue weighted by Gasteiger charge is 1.96. The lowest BCUT2D eigenvalue weighted by Crippen LogP contribution is -2.27. The van der Waals surface area contributed by atoms with Crippen LogP contribution in [0.2, 0.25) is 0 Å². The van der Waals surface area contributed by atoms with Gasteiger partial charge in [0.1, 0.15) is 0 Å². The van der Waals surface area contributed by atoms with Crippen molar-refractivity contribution in [2.24, 2.45) is 0 Å². The Bertz CT molecular complexity index is 174. The number of hydrogen-bond donors (Lipinski definition) is 2. The minimum absolute atomic E-state index is 0.0790. The lowest BCUT2D eigenvalue weighted by Gasteiger charge is -2.03. The average Bonchev–Trinajstić information content (AvgIpc) is 2.11. The standard InChI is InChI=1S/C9H17N3O/c1-2-12-9(13)5-8-11-7-4-3-6-10/h11H,2-5,7-8H2,1H3,(H,12,13). The predicted molar refractivity (Wildman–Crippen MR) is 51.0 cm³/mol. The van der Waals surface area contributed by atoms with E-state index in [2.05, 4.69) is 16.7 Å². The Labute approximate surface area is 79.3 Å². The Kier molecular flexibility index (Phi) is 8.26. The van der Waals surface area contributed by atoms with E-state index in [-0.39, 0.29) is 5.91 Å². The lowest BCUT2D eigenvalue weighted by molar-refractivity contribution is -0.120. The Hall–Kier alpha value is -1.08. The second-order valence-corrected chi connectivity index (χ2v) is 2.72. The number of nitrogens with one attached hydrogen (secondary N) is 2. The molecule has 13 heavy (non-hydrogen) atoms. The molecule has 4 nitrogen and oxygen atoms in total. The summed E-state index contributed by atoms with van der Waals surface area (Å²) in [5.74, 6) is 0.0790. The molecule has 1 amide bonds. The van der Waals surface area contributed by atoms with E-state index in [1.165, 1.54) is 0 Å². The van der Waals surface area contributed by atoms with Crippen molar-refractivity contribution in [2.45, 2.75) is 26.2 Å². The van der Waals surface area contributed by atoms with Crippen LogP contribution in [0.4, 0.5) is 0 Å². The summed E-state index contributed by atoms with van der Waals surface area (Å²) in [5.41, 5.74) is 0. The summed E-state index contributed by atoms with van der Waals surface area (Å²) in [5, 5.41) is 14.1. The van der Waals surface area contributed by atoms with Gasteiger partial charge in [0.05, 0.1) is 6.07 Å². The number of rotatable bonds is 7. The van der Waals surface area contributed by atoms with Crippen LogP contribution in [0.3, 0.4) is 0 Å². The van der Waals surface area contributed by atoms with Gasteiger partial charge >= 0.3 is 0 Å². The number of carbonyl (C=O) groups excluding carboxylic acids is 1. The molecule has 2 N–H and O–H groups in total. The quantitative estimate of drug-likeness (QED) is 0.562. The van der Waals surface area contributed by atoms with E-state index in [0.717, 1.165) is 13.0 Å². The number of hydrogen-bond acceptors (Lipinski definition) is 3. The van der Waals surface area contributed by atoms with Gasteiger partial charge in [-0.25, -0.2) is 0 Å². The number of carbonyl (C=O) groups is 1. The van der Waals surface area contributed by atoms with Crippen molar-refractivity contribution in [2.75, 3.05) is 19.6 Å². The van der Waals surface area contributed by atoms with Gasteiger partial charge in [-0.3, -0.25) is 4.79 Å². The molecule has 0 bridgehead atoms. The summed E-state index contributed by atoms with van der Waals surface area (Å²) in [6.45, 7) is 4.09. The third-order valence-electron chi connectivity index (χ3n) is 1.54. The Morgan fingerprint density at radius 2 is 2.23 bits per heavy atom. The average molecular weight is 183 g/mol. The molecule has 0 aromatic carbocycles. The highest BCUT2D eigenvalue weighted by molar-refractivity contribution is 5.75. The van der Waals surface area contributed by atoms with E-state index in [9.17, 15) is 4.79 Å². The summed E-state index contributed by atoms with van der Waals surface area (Å²) in [6.07, 6.45) is 1.94. The first-order chi connectivity index (χ1) is 6.31. The maximum atomic E-state index is 10.9. The second-order valence-electron chi connectivity index (χ2n) is 2.72. The fourth-order valence-electron chi connectivity index (χ4n) is 0.905. The smallest absolute Gasteiger partial charge is 0.221 e. The Morgan fingerprint density at radius 3 is 2.85 bits per heavy atom. The summed E-state index contributed by atoms with van der Waals surface area (Å²) in [6, 6.07) is 2.07. The largest absolute Gasteiger partial charge is 0.356 e. The molecular formula is C9H17N3O. The van der Waals surface area contributed by atoms with E-state index in [4.69, 9.17) is 5.26 Å². The molecule has 74 valence electrons. The molecule has 0 spiro atoms. The first-order valence-corrected chi connectivity index (χ1v) is 4.65. The lowest BCUT2D eigenvalue weighted by atomic mass is 10.3. The fourth-order valence-corrected chi connectivity index (χ4v) is 0.905. The van der Waals surface area contributed by atoms with Crippen molar-refractivity contribution in [1.29, 1.82) is 5.26 Å². The molecule has 0 radical (unpaired) electrons. The van der Waals surface area contributed by atoms with Crippen molar-refractivity contribution >= 4 is 5.91 Å². The van der Waals surface area contributed by atoms with E-state index < -0.39 is 0 Å². The number of amides is 1. The normalized spacial score (nSPS) is 9.23. The molecular weight excluding hydrogens is 166 g/mol. The maximum absolute atomic E-state index is 10.9. The van der Waals surface area contributed by atoms with E-state index in [1.807, 2.05) is 6.92 Å². The van der Waals surface area contributed by atoms with Crippen molar-refractivity contribution < 1.29 is 4.79 Å². The Morgan fingerprint density at radius 1 is 1.46 bits per heavy atom. The van der Waals surface area contributed by atoms with Crippen LogP contribution in [0, 0.1) is 11.3 Å². The zero-order valence-corrected chi connectivity index (χ0v) is 8.10. The summed E-state index contributed by atoms with van der Waals surface area (Å²) in [4.78, 5) is 10.9. The van der Waals surface area contributed by atoms with Crippen LogP contribution < -0.4 is 10.6 Å². The third kappa shape index (κ3) is 8.83. The number of nitrogens with zero attached hydrogens (tertiary/aromatic N) is 1. The van der Waals surface area contributed by atoms with Gasteiger partial charge in [0.15, 0.2) is 0 Å². The highest BCUT2D eigenvalue weighted by atomic mass is 16.1. The summed E-state index contributed by atoms with van der Waals surface area (Å²) >= 11 is 0. The number of nitriles is 1. The van der Waals surface area contributed by atoms with Crippen LogP contribution in [-0.4, -0.2) is 25.5 Å². The zero-order valence-electron chi connectivity index (χ0n) is 8.10. The second kappa shape index (κ2) is 9.01. The van der Waals surface area contributed by atoms with Crippen molar-refractivity contribution in [3.63, 3.8) is 0 Å². The third-order valence-corrected chi connectivity index (χ3v) is 1.54. The summed E-state index contributed by atoms with van der Waals surface area (Å²) in [7, 11) is 0. The SMILES string of the molecule is CCNC(=O)CCNCCCC#N. The van der Waals surface area contributed by atoms with Gasteiger partial charge in [-0.1, -0.05) is 0 Å². The molecule has 0 heterocycles. The van der Waals surface area contributed by atoms with Gasteiger partial charge in [-0.05, 0) is 19.9 Å². The summed E-state index contributed by atoms with van der Waals surface area (Å²) < 4.78 is 0. The van der Waals surface area contributed by atoms with E-state index >= 15 is 0 Å². The van der Waals surface area contributed by atoms with Gasteiger partial charge in [-0.15, -0.1) is 0 Å². The zero-order chi connectivity index (χ0) is 9.94.